The summed E-state index contributed by atoms with van der Waals surface area (Å²) in [4.78, 5) is 10.7. The molecule has 0 aromatic heterocycles. The maximum Gasteiger partial charge on any atom is 0.337 e. The summed E-state index contributed by atoms with van der Waals surface area (Å²) in [6.07, 6.45) is 0.639. The van der Waals surface area contributed by atoms with E-state index in [2.05, 4.69) is 15.9 Å². The zero-order valence-corrected chi connectivity index (χ0v) is 11.3. The predicted molar refractivity (Wildman–Crippen MR) is 66.9 cm³/mol. The van der Waals surface area contributed by atoms with Crippen molar-refractivity contribution in [3.8, 4) is 11.5 Å². The van der Waals surface area contributed by atoms with Gasteiger partial charge in [-0.2, -0.15) is 0 Å². The van der Waals surface area contributed by atoms with Crippen molar-refractivity contribution in [3.63, 3.8) is 0 Å². The molecule has 18 heavy (non-hydrogen) atoms. The summed E-state index contributed by atoms with van der Waals surface area (Å²) in [5.74, 6) is -0.354. The van der Waals surface area contributed by atoms with E-state index in [-0.39, 0.29) is 11.7 Å². The molecule has 0 bridgehead atoms. The molecule has 0 spiro atoms. The Kier molecular flexibility index (Phi) is 3.77. The summed E-state index contributed by atoms with van der Waals surface area (Å²) in [7, 11) is 1.47. The van der Waals surface area contributed by atoms with E-state index in [1.807, 2.05) is 0 Å². The first-order chi connectivity index (χ1) is 8.52. The minimum Gasteiger partial charge on any atom is -0.493 e. The molecule has 1 unspecified atom stereocenters. The van der Waals surface area contributed by atoms with Gasteiger partial charge in [-0.3, -0.25) is 0 Å². The molecule has 98 valence electrons. The molecule has 1 saturated carbocycles. The van der Waals surface area contributed by atoms with Crippen molar-refractivity contribution < 1.29 is 24.5 Å². The lowest BCUT2D eigenvalue weighted by Gasteiger charge is -2.15. The smallest absolute Gasteiger partial charge is 0.337 e. The Morgan fingerprint density at radius 2 is 2.17 bits per heavy atom. The highest BCUT2D eigenvalue weighted by Crippen LogP contribution is 2.41. The van der Waals surface area contributed by atoms with Gasteiger partial charge in [-0.1, -0.05) is 0 Å². The van der Waals surface area contributed by atoms with E-state index in [0.717, 1.165) is 12.8 Å². The third-order valence-corrected chi connectivity index (χ3v) is 3.20. The number of ether oxygens (including phenoxy) is 2. The van der Waals surface area contributed by atoms with E-state index in [1.54, 1.807) is 0 Å². The fourth-order valence-corrected chi connectivity index (χ4v) is 2.06. The Morgan fingerprint density at radius 3 is 2.67 bits per heavy atom. The van der Waals surface area contributed by atoms with E-state index >= 15 is 0 Å². The summed E-state index contributed by atoms with van der Waals surface area (Å²) in [6.45, 7) is 0. The maximum absolute atomic E-state index is 10.7. The molecule has 2 N–H and O–H groups in total. The molecular weight excluding hydrogens is 304 g/mol. The highest BCUT2D eigenvalue weighted by molar-refractivity contribution is 9.10. The molecule has 1 atom stereocenters. The Balaban J connectivity index is 2.35. The monoisotopic (exact) mass is 316 g/mol. The third kappa shape index (κ3) is 2.76. The number of hydrogen-bond acceptors (Lipinski definition) is 4. The molecule has 5 nitrogen and oxygen atoms in total. The Hall–Kier alpha value is -1.27. The van der Waals surface area contributed by atoms with Crippen molar-refractivity contribution in [1.82, 2.24) is 0 Å². The van der Waals surface area contributed by atoms with Crippen LogP contribution in [0, 0.1) is 0 Å². The summed E-state index contributed by atoms with van der Waals surface area (Å²) < 4.78 is 11.4. The SMILES string of the molecule is COc1cc(C(O)C(=O)O)cc(Br)c1OC1CC1. The standard InChI is InChI=1S/C12H13BrO5/c1-17-9-5-6(10(14)12(15)16)4-8(13)11(9)18-7-2-3-7/h4-5,7,10,14H,2-3H2,1H3,(H,15,16). The van der Waals surface area contributed by atoms with Gasteiger partial charge in [0.15, 0.2) is 17.6 Å². The Labute approximate surface area is 112 Å². The fraction of sp³-hybridized carbons (Fsp3) is 0.417. The first-order valence-corrected chi connectivity index (χ1v) is 6.27. The molecule has 0 amide bonds. The third-order valence-electron chi connectivity index (χ3n) is 2.61. The normalized spacial score (nSPS) is 16.2. The minimum atomic E-state index is -1.58. The second kappa shape index (κ2) is 5.16. The first-order valence-electron chi connectivity index (χ1n) is 5.48. The highest BCUT2D eigenvalue weighted by Gasteiger charge is 2.27. The summed E-state index contributed by atoms with van der Waals surface area (Å²) in [5, 5.41) is 18.3. The van der Waals surface area contributed by atoms with Crippen molar-refractivity contribution >= 4 is 21.9 Å². The van der Waals surface area contributed by atoms with Crippen LogP contribution in [0.5, 0.6) is 11.5 Å². The molecule has 0 heterocycles. The highest BCUT2D eigenvalue weighted by atomic mass is 79.9. The minimum absolute atomic E-state index is 0.199. The molecule has 6 heteroatoms. The van der Waals surface area contributed by atoms with Crippen LogP contribution in [0.4, 0.5) is 0 Å². The van der Waals surface area contributed by atoms with Crippen molar-refractivity contribution in [2.45, 2.75) is 25.0 Å². The largest absolute Gasteiger partial charge is 0.493 e. The number of hydrogen-bond donors (Lipinski definition) is 2. The van der Waals surface area contributed by atoms with Crippen LogP contribution in [-0.4, -0.2) is 29.4 Å². The van der Waals surface area contributed by atoms with Gasteiger partial charge in [0.05, 0.1) is 17.7 Å². The van der Waals surface area contributed by atoms with Gasteiger partial charge in [0, 0.05) is 0 Å². The second-order valence-electron chi connectivity index (χ2n) is 4.09. The van der Waals surface area contributed by atoms with Crippen LogP contribution < -0.4 is 9.47 Å². The molecule has 1 aromatic rings. The van der Waals surface area contributed by atoms with E-state index in [9.17, 15) is 9.90 Å². The molecule has 0 aliphatic heterocycles. The molecule has 1 aromatic carbocycles. The van der Waals surface area contributed by atoms with Gasteiger partial charge in [0.2, 0.25) is 0 Å². The average Bonchev–Trinajstić information content (AvgIpc) is 3.14. The lowest BCUT2D eigenvalue weighted by Crippen LogP contribution is -2.11. The van der Waals surface area contributed by atoms with Gasteiger partial charge < -0.3 is 19.7 Å². The van der Waals surface area contributed by atoms with E-state index in [4.69, 9.17) is 14.6 Å². The van der Waals surface area contributed by atoms with Crippen LogP contribution in [-0.2, 0) is 4.79 Å². The van der Waals surface area contributed by atoms with Gasteiger partial charge in [0.25, 0.3) is 0 Å². The van der Waals surface area contributed by atoms with Crippen molar-refractivity contribution in [1.29, 1.82) is 0 Å². The van der Waals surface area contributed by atoms with Gasteiger partial charge >= 0.3 is 5.97 Å². The average molecular weight is 317 g/mol. The number of carboxylic acids is 1. The van der Waals surface area contributed by atoms with Crippen molar-refractivity contribution in [2.24, 2.45) is 0 Å². The van der Waals surface area contributed by atoms with E-state index in [1.165, 1.54) is 19.2 Å². The number of carboxylic acid groups (broad SMARTS) is 1. The van der Waals surface area contributed by atoms with Gasteiger partial charge in [-0.25, -0.2) is 4.79 Å². The number of aliphatic hydroxyl groups excluding tert-OH is 1. The topological polar surface area (TPSA) is 76.0 Å². The van der Waals surface area contributed by atoms with Gasteiger partial charge in [-0.05, 0) is 46.5 Å². The van der Waals surface area contributed by atoms with E-state index in [0.29, 0.717) is 16.0 Å². The molecule has 1 aliphatic carbocycles. The van der Waals surface area contributed by atoms with Gasteiger partial charge in [0.1, 0.15) is 0 Å². The lowest BCUT2D eigenvalue weighted by atomic mass is 10.1. The summed E-state index contributed by atoms with van der Waals surface area (Å²) >= 11 is 3.30. The van der Waals surface area contributed by atoms with Crippen LogP contribution >= 0.6 is 15.9 Å². The number of aliphatic carboxylic acids is 1. The zero-order chi connectivity index (χ0) is 13.3. The van der Waals surface area contributed by atoms with Crippen LogP contribution in [0.1, 0.15) is 24.5 Å². The van der Waals surface area contributed by atoms with Crippen LogP contribution in [0.15, 0.2) is 16.6 Å². The molecular formula is C12H13BrO5. The maximum atomic E-state index is 10.7. The summed E-state index contributed by atoms with van der Waals surface area (Å²) in [5.41, 5.74) is 0.245. The molecule has 1 aliphatic rings. The lowest BCUT2D eigenvalue weighted by molar-refractivity contribution is -0.146. The summed E-state index contributed by atoms with van der Waals surface area (Å²) in [6, 6.07) is 3.00. The Morgan fingerprint density at radius 1 is 1.50 bits per heavy atom. The number of carbonyl (C=O) groups is 1. The molecule has 1 fully saturated rings. The van der Waals surface area contributed by atoms with Gasteiger partial charge in [-0.15, -0.1) is 0 Å². The number of halogens is 1. The molecule has 2 rings (SSSR count). The van der Waals surface area contributed by atoms with E-state index < -0.39 is 12.1 Å². The predicted octanol–water partition coefficient (Wildman–Crippen LogP) is 2.12. The second-order valence-corrected chi connectivity index (χ2v) is 4.95. The Bertz CT molecular complexity index is 470. The number of rotatable bonds is 5. The zero-order valence-electron chi connectivity index (χ0n) is 9.72. The fourth-order valence-electron chi connectivity index (χ4n) is 1.51. The quantitative estimate of drug-likeness (QED) is 0.870. The molecule has 0 radical (unpaired) electrons. The number of methoxy groups -OCH3 is 1. The number of aliphatic hydroxyl groups is 1. The number of benzene rings is 1. The first kappa shape index (κ1) is 13.2. The van der Waals surface area contributed by atoms with Crippen molar-refractivity contribution in [2.75, 3.05) is 7.11 Å². The van der Waals surface area contributed by atoms with Crippen LogP contribution in [0.25, 0.3) is 0 Å². The molecule has 0 saturated heterocycles. The van der Waals surface area contributed by atoms with Crippen molar-refractivity contribution in [3.05, 3.63) is 22.2 Å². The van der Waals surface area contributed by atoms with Crippen LogP contribution in [0.2, 0.25) is 0 Å². The van der Waals surface area contributed by atoms with Crippen LogP contribution in [0.3, 0.4) is 0 Å².